The van der Waals surface area contributed by atoms with Gasteiger partial charge >= 0.3 is 5.97 Å². The molecule has 7 heteroatoms. The number of carbonyl (C=O) groups is 1. The number of nitrogens with zero attached hydrogens (tertiary/aromatic N) is 2. The molecule has 0 aliphatic carbocycles. The van der Waals surface area contributed by atoms with E-state index >= 15 is 0 Å². The molecule has 6 nitrogen and oxygen atoms in total. The highest BCUT2D eigenvalue weighted by atomic mass is 32.2. The molecule has 1 atom stereocenters. The summed E-state index contributed by atoms with van der Waals surface area (Å²) in [6, 6.07) is 6.91. The largest absolute Gasteiger partial charge is 0.480 e. The Hall–Kier alpha value is -1.91. The summed E-state index contributed by atoms with van der Waals surface area (Å²) in [6.07, 6.45) is 0. The number of carboxylic acid groups (broad SMARTS) is 1. The molecule has 0 spiro atoms. The summed E-state index contributed by atoms with van der Waals surface area (Å²) in [7, 11) is -1.98. The molecule has 1 unspecified atom stereocenters. The van der Waals surface area contributed by atoms with Crippen molar-refractivity contribution in [1.82, 2.24) is 4.90 Å². The molecule has 0 aliphatic heterocycles. The molecule has 0 bridgehead atoms. The third-order valence-corrected chi connectivity index (χ3v) is 4.75. The Morgan fingerprint density at radius 2 is 2.15 bits per heavy atom. The van der Waals surface area contributed by atoms with Gasteiger partial charge in [0.2, 0.25) is 0 Å². The number of nitriles is 1. The lowest BCUT2D eigenvalue weighted by atomic mass is 10.2. The zero-order chi connectivity index (χ0) is 15.3. The van der Waals surface area contributed by atoms with Gasteiger partial charge in [-0.05, 0) is 32.2 Å². The van der Waals surface area contributed by atoms with Gasteiger partial charge in [0.15, 0.2) is 9.84 Å². The van der Waals surface area contributed by atoms with Gasteiger partial charge in [-0.25, -0.2) is 8.42 Å². The van der Waals surface area contributed by atoms with Crippen molar-refractivity contribution in [2.45, 2.75) is 17.9 Å². The molecule has 0 aliphatic rings. The van der Waals surface area contributed by atoms with Crippen LogP contribution in [-0.4, -0.2) is 49.8 Å². The minimum Gasteiger partial charge on any atom is -0.480 e. The van der Waals surface area contributed by atoms with Crippen LogP contribution in [0.2, 0.25) is 0 Å². The number of carboxylic acids is 1. The molecule has 0 saturated heterocycles. The van der Waals surface area contributed by atoms with E-state index in [9.17, 15) is 13.2 Å². The molecule has 0 aromatic heterocycles. The Kier molecular flexibility index (Phi) is 5.25. The van der Waals surface area contributed by atoms with E-state index in [-0.39, 0.29) is 22.8 Å². The van der Waals surface area contributed by atoms with Gasteiger partial charge in [-0.2, -0.15) is 5.26 Å². The lowest BCUT2D eigenvalue weighted by Gasteiger charge is -2.20. The second-order valence-electron chi connectivity index (χ2n) is 4.45. The topological polar surface area (TPSA) is 98.5 Å². The monoisotopic (exact) mass is 296 g/mol. The summed E-state index contributed by atoms with van der Waals surface area (Å²) in [5.74, 6) is -1.20. The van der Waals surface area contributed by atoms with Crippen molar-refractivity contribution < 1.29 is 18.3 Å². The lowest BCUT2D eigenvalue weighted by Crippen LogP contribution is -2.38. The summed E-state index contributed by atoms with van der Waals surface area (Å²) in [6.45, 7) is 1.60. The predicted octanol–water partition coefficient (Wildman–Crippen LogP) is 0.737. The van der Waals surface area contributed by atoms with E-state index in [2.05, 4.69) is 0 Å². The van der Waals surface area contributed by atoms with Crippen LogP contribution >= 0.6 is 0 Å². The van der Waals surface area contributed by atoms with Crippen molar-refractivity contribution in [3.8, 4) is 6.07 Å². The minimum atomic E-state index is -3.53. The van der Waals surface area contributed by atoms with Crippen LogP contribution in [0.15, 0.2) is 29.2 Å². The molecule has 0 saturated carbocycles. The van der Waals surface area contributed by atoms with Crippen molar-refractivity contribution in [2.75, 3.05) is 19.3 Å². The summed E-state index contributed by atoms with van der Waals surface area (Å²) < 4.78 is 24.2. The van der Waals surface area contributed by atoms with E-state index in [0.717, 1.165) is 0 Å². The molecule has 1 aromatic rings. The van der Waals surface area contributed by atoms with Gasteiger partial charge in [-0.1, -0.05) is 6.07 Å². The molecule has 1 N–H and O–H groups in total. The van der Waals surface area contributed by atoms with Crippen LogP contribution in [0.5, 0.6) is 0 Å². The van der Waals surface area contributed by atoms with Crippen molar-refractivity contribution in [3.05, 3.63) is 29.8 Å². The van der Waals surface area contributed by atoms with Crippen LogP contribution in [-0.2, 0) is 14.6 Å². The average molecular weight is 296 g/mol. The van der Waals surface area contributed by atoms with Crippen LogP contribution in [0.25, 0.3) is 0 Å². The Bertz CT molecular complexity index is 634. The fraction of sp³-hybridized carbons (Fsp3) is 0.385. The summed E-state index contributed by atoms with van der Waals surface area (Å²) >= 11 is 0. The van der Waals surface area contributed by atoms with Crippen LogP contribution in [0, 0.1) is 11.3 Å². The molecule has 1 aromatic carbocycles. The molecule has 0 fully saturated rings. The number of rotatable bonds is 6. The van der Waals surface area contributed by atoms with Crippen LogP contribution < -0.4 is 0 Å². The number of aliphatic carboxylic acids is 1. The third-order valence-electron chi connectivity index (χ3n) is 3.05. The maximum Gasteiger partial charge on any atom is 0.320 e. The minimum absolute atomic E-state index is 0.0768. The SMILES string of the molecule is CC(C(=O)O)N(C)CCS(=O)(=O)c1cccc(C#N)c1. The first kappa shape index (κ1) is 16.1. The van der Waals surface area contributed by atoms with Crippen LogP contribution in [0.1, 0.15) is 12.5 Å². The second kappa shape index (κ2) is 6.50. The number of benzene rings is 1. The molecule has 1 rings (SSSR count). The standard InChI is InChI=1S/C13H16N2O4S/c1-10(13(16)17)15(2)6-7-20(18,19)12-5-3-4-11(8-12)9-14/h3-5,8,10H,6-7H2,1-2H3,(H,16,17). The highest BCUT2D eigenvalue weighted by molar-refractivity contribution is 7.91. The van der Waals surface area contributed by atoms with Gasteiger partial charge < -0.3 is 5.11 Å². The quantitative estimate of drug-likeness (QED) is 0.831. The van der Waals surface area contributed by atoms with Crippen LogP contribution in [0.3, 0.4) is 0 Å². The Morgan fingerprint density at radius 1 is 1.50 bits per heavy atom. The fourth-order valence-corrected chi connectivity index (χ4v) is 2.88. The van der Waals surface area contributed by atoms with Gasteiger partial charge in [0.25, 0.3) is 0 Å². The van der Waals surface area contributed by atoms with Crippen molar-refractivity contribution in [1.29, 1.82) is 5.26 Å². The lowest BCUT2D eigenvalue weighted by molar-refractivity contribution is -0.142. The summed E-state index contributed by atoms with van der Waals surface area (Å²) in [4.78, 5) is 12.3. The smallest absolute Gasteiger partial charge is 0.320 e. The van der Waals surface area contributed by atoms with Crippen molar-refractivity contribution in [3.63, 3.8) is 0 Å². The van der Waals surface area contributed by atoms with E-state index in [0.29, 0.717) is 0 Å². The van der Waals surface area contributed by atoms with E-state index < -0.39 is 21.8 Å². The number of hydrogen-bond acceptors (Lipinski definition) is 5. The van der Waals surface area contributed by atoms with Crippen LogP contribution in [0.4, 0.5) is 0 Å². The highest BCUT2D eigenvalue weighted by Crippen LogP contribution is 2.13. The molecule has 108 valence electrons. The van der Waals surface area contributed by atoms with Gasteiger partial charge in [0, 0.05) is 6.54 Å². The zero-order valence-corrected chi connectivity index (χ0v) is 12.1. The fourth-order valence-electron chi connectivity index (χ4n) is 1.52. The molecule has 0 amide bonds. The summed E-state index contributed by atoms with van der Waals surface area (Å²) in [5, 5.41) is 17.6. The van der Waals surface area contributed by atoms with E-state index in [1.807, 2.05) is 6.07 Å². The van der Waals surface area contributed by atoms with Crippen molar-refractivity contribution in [2.24, 2.45) is 0 Å². The molecule has 20 heavy (non-hydrogen) atoms. The van der Waals surface area contributed by atoms with E-state index in [1.165, 1.54) is 36.1 Å². The highest BCUT2D eigenvalue weighted by Gasteiger charge is 2.20. The third kappa shape index (κ3) is 4.05. The molecular formula is C13H16N2O4S. The second-order valence-corrected chi connectivity index (χ2v) is 6.56. The summed E-state index contributed by atoms with van der Waals surface area (Å²) in [5.41, 5.74) is 0.276. The Balaban J connectivity index is 2.81. The molecular weight excluding hydrogens is 280 g/mol. The molecule has 0 radical (unpaired) electrons. The Labute approximate surface area is 118 Å². The predicted molar refractivity (Wildman–Crippen MR) is 72.9 cm³/mol. The maximum atomic E-state index is 12.1. The van der Waals surface area contributed by atoms with Gasteiger partial charge in [0.05, 0.1) is 22.3 Å². The van der Waals surface area contributed by atoms with Gasteiger partial charge in [0.1, 0.15) is 6.04 Å². The molecule has 0 heterocycles. The zero-order valence-electron chi connectivity index (χ0n) is 11.3. The first-order chi connectivity index (χ1) is 9.27. The maximum absolute atomic E-state index is 12.1. The van der Waals surface area contributed by atoms with E-state index in [4.69, 9.17) is 10.4 Å². The van der Waals surface area contributed by atoms with Gasteiger partial charge in [-0.15, -0.1) is 0 Å². The number of hydrogen-bond donors (Lipinski definition) is 1. The first-order valence-electron chi connectivity index (χ1n) is 5.94. The number of sulfone groups is 1. The number of likely N-dealkylation sites (N-methyl/N-ethyl adjacent to an activating group) is 1. The van der Waals surface area contributed by atoms with Crippen molar-refractivity contribution >= 4 is 15.8 Å². The first-order valence-corrected chi connectivity index (χ1v) is 7.59. The van der Waals surface area contributed by atoms with E-state index in [1.54, 1.807) is 7.05 Å². The normalized spacial score (nSPS) is 12.9. The Morgan fingerprint density at radius 3 is 2.70 bits per heavy atom. The van der Waals surface area contributed by atoms with Gasteiger partial charge in [-0.3, -0.25) is 9.69 Å². The average Bonchev–Trinajstić information content (AvgIpc) is 2.43.